The molecule has 0 atom stereocenters. The van der Waals surface area contributed by atoms with Crippen LogP contribution in [-0.4, -0.2) is 31.4 Å². The first-order valence-electron chi connectivity index (χ1n) is 11.4. The van der Waals surface area contributed by atoms with Gasteiger partial charge in [-0.1, -0.05) is 37.1 Å². The van der Waals surface area contributed by atoms with Gasteiger partial charge < -0.3 is 9.88 Å². The van der Waals surface area contributed by atoms with Gasteiger partial charge in [-0.25, -0.2) is 4.98 Å². The maximum Gasteiger partial charge on any atom is 0.234 e. The second-order valence-electron chi connectivity index (χ2n) is 8.64. The third kappa shape index (κ3) is 4.96. The maximum absolute atomic E-state index is 12.5. The highest BCUT2D eigenvalue weighted by Crippen LogP contribution is 2.33. The minimum atomic E-state index is -0.0505. The van der Waals surface area contributed by atoms with Crippen LogP contribution in [0.25, 0.3) is 20.8 Å². The van der Waals surface area contributed by atoms with E-state index in [1.807, 2.05) is 31.3 Å². The number of thioether (sulfide) groups is 1. The Morgan fingerprint density at radius 3 is 2.70 bits per heavy atom. The van der Waals surface area contributed by atoms with Crippen LogP contribution >= 0.6 is 23.1 Å². The molecule has 1 amide bonds. The number of amides is 1. The number of hydrogen-bond acceptors (Lipinski definition) is 6. The Morgan fingerprint density at radius 2 is 1.91 bits per heavy atom. The fourth-order valence-electron chi connectivity index (χ4n) is 4.35. The van der Waals surface area contributed by atoms with Crippen molar-refractivity contribution in [1.29, 1.82) is 0 Å². The highest BCUT2D eigenvalue weighted by molar-refractivity contribution is 7.99. The number of aromatic nitrogens is 4. The number of fused-ring (bicyclic) bond motifs is 1. The summed E-state index contributed by atoms with van der Waals surface area (Å²) < 4.78 is 3.25. The van der Waals surface area contributed by atoms with Crippen molar-refractivity contribution in [3.8, 4) is 10.6 Å². The van der Waals surface area contributed by atoms with Gasteiger partial charge in [0.05, 0.1) is 16.0 Å². The predicted octanol–water partition coefficient (Wildman–Crippen LogP) is 6.18. The first-order chi connectivity index (χ1) is 16.1. The van der Waals surface area contributed by atoms with Crippen LogP contribution in [0, 0.1) is 6.92 Å². The first kappa shape index (κ1) is 22.1. The molecule has 6 nitrogen and oxygen atoms in total. The summed E-state index contributed by atoms with van der Waals surface area (Å²) in [6, 6.07) is 14.2. The molecule has 33 heavy (non-hydrogen) atoms. The Morgan fingerprint density at radius 1 is 1.12 bits per heavy atom. The third-order valence-electron chi connectivity index (χ3n) is 6.13. The van der Waals surface area contributed by atoms with Crippen molar-refractivity contribution >= 4 is 44.9 Å². The van der Waals surface area contributed by atoms with Crippen LogP contribution in [0.2, 0.25) is 0 Å². The van der Waals surface area contributed by atoms with Crippen LogP contribution < -0.4 is 5.32 Å². The number of carbonyl (C=O) groups excluding carboxylic acids is 1. The fraction of sp³-hybridized carbons (Fsp3) is 0.360. The molecule has 2 heterocycles. The average Bonchev–Trinajstić information content (AvgIpc) is 3.41. The van der Waals surface area contributed by atoms with Gasteiger partial charge in [0.25, 0.3) is 0 Å². The summed E-state index contributed by atoms with van der Waals surface area (Å²) in [5.41, 5.74) is 4.09. The van der Waals surface area contributed by atoms with Gasteiger partial charge in [0.2, 0.25) is 5.91 Å². The van der Waals surface area contributed by atoms with E-state index in [-0.39, 0.29) is 5.91 Å². The Hall–Kier alpha value is -2.71. The molecule has 1 aliphatic carbocycles. The second-order valence-corrected chi connectivity index (χ2v) is 10.6. The van der Waals surface area contributed by atoms with Gasteiger partial charge in [-0.05, 0) is 61.7 Å². The fourth-order valence-corrected chi connectivity index (χ4v) is 6.13. The van der Waals surface area contributed by atoms with Gasteiger partial charge in [-0.3, -0.25) is 4.79 Å². The maximum atomic E-state index is 12.5. The van der Waals surface area contributed by atoms with Crippen LogP contribution in [0.4, 0.5) is 5.69 Å². The van der Waals surface area contributed by atoms with Crippen LogP contribution in [0.15, 0.2) is 47.6 Å². The molecule has 4 aromatic rings. The zero-order chi connectivity index (χ0) is 22.8. The number of aryl methyl sites for hydroxylation is 1. The Labute approximate surface area is 201 Å². The Bertz CT molecular complexity index is 1270. The highest BCUT2D eigenvalue weighted by Gasteiger charge is 2.22. The minimum absolute atomic E-state index is 0.0505. The monoisotopic (exact) mass is 477 g/mol. The predicted molar refractivity (Wildman–Crippen MR) is 136 cm³/mol. The van der Waals surface area contributed by atoms with Gasteiger partial charge >= 0.3 is 0 Å². The Kier molecular flexibility index (Phi) is 6.46. The summed E-state index contributed by atoms with van der Waals surface area (Å²) in [5.74, 6) is 1.80. The van der Waals surface area contributed by atoms with Crippen molar-refractivity contribution in [2.24, 2.45) is 7.05 Å². The highest BCUT2D eigenvalue weighted by atomic mass is 32.2. The van der Waals surface area contributed by atoms with E-state index in [1.165, 1.54) is 54.1 Å². The summed E-state index contributed by atoms with van der Waals surface area (Å²) >= 11 is 3.12. The van der Waals surface area contributed by atoms with Crippen molar-refractivity contribution in [3.05, 3.63) is 53.9 Å². The lowest BCUT2D eigenvalue weighted by Crippen LogP contribution is -2.14. The first-order valence-corrected chi connectivity index (χ1v) is 13.2. The van der Waals surface area contributed by atoms with E-state index in [2.05, 4.69) is 45.2 Å². The van der Waals surface area contributed by atoms with Crippen molar-refractivity contribution in [3.63, 3.8) is 0 Å². The van der Waals surface area contributed by atoms with Gasteiger partial charge in [0.15, 0.2) is 5.16 Å². The molecule has 1 N–H and O–H groups in total. The second kappa shape index (κ2) is 9.65. The van der Waals surface area contributed by atoms with E-state index in [1.54, 1.807) is 11.3 Å². The lowest BCUT2D eigenvalue weighted by atomic mass is 9.89. The molecule has 0 aliphatic heterocycles. The van der Waals surface area contributed by atoms with Crippen LogP contribution in [0.5, 0.6) is 0 Å². The molecule has 0 spiro atoms. The van der Waals surface area contributed by atoms with Gasteiger partial charge in [0, 0.05) is 24.2 Å². The number of nitrogens with zero attached hydrogens (tertiary/aromatic N) is 4. The molecule has 1 aliphatic rings. The third-order valence-corrected chi connectivity index (χ3v) is 8.22. The summed E-state index contributed by atoms with van der Waals surface area (Å²) in [4.78, 5) is 17.2. The smallest absolute Gasteiger partial charge is 0.234 e. The molecule has 0 saturated heterocycles. The van der Waals surface area contributed by atoms with E-state index in [4.69, 9.17) is 4.98 Å². The van der Waals surface area contributed by atoms with Crippen LogP contribution in [-0.2, 0) is 11.8 Å². The molecule has 170 valence electrons. The standard InChI is InChI=1S/C25H27N5OS2/c1-16-8-13-20-21(14-16)33-24(27-20)18-9-11-19(12-10-18)26-22(31)15-32-25-29-28-23(30(25)2)17-6-4-3-5-7-17/h8-14,17H,3-7,15H2,1-2H3,(H,26,31). The van der Waals surface area contributed by atoms with E-state index < -0.39 is 0 Å². The summed E-state index contributed by atoms with van der Waals surface area (Å²) in [6.07, 6.45) is 6.21. The quantitative estimate of drug-likeness (QED) is 0.336. The van der Waals surface area contributed by atoms with Crippen molar-refractivity contribution in [1.82, 2.24) is 19.7 Å². The summed E-state index contributed by atoms with van der Waals surface area (Å²) in [7, 11) is 2.01. The number of benzene rings is 2. The van der Waals surface area contributed by atoms with Crippen molar-refractivity contribution in [2.75, 3.05) is 11.1 Å². The topological polar surface area (TPSA) is 72.7 Å². The van der Waals surface area contributed by atoms with Crippen LogP contribution in [0.1, 0.15) is 49.4 Å². The molecule has 2 aromatic heterocycles. The number of thiazole rings is 1. The average molecular weight is 478 g/mol. The molecule has 1 fully saturated rings. The van der Waals surface area contributed by atoms with Gasteiger partial charge in [-0.2, -0.15) is 0 Å². The number of hydrogen-bond donors (Lipinski definition) is 1. The van der Waals surface area contributed by atoms with E-state index in [0.717, 1.165) is 32.8 Å². The number of anilines is 1. The Balaban J connectivity index is 1.18. The zero-order valence-electron chi connectivity index (χ0n) is 18.9. The van der Waals surface area contributed by atoms with Crippen molar-refractivity contribution in [2.45, 2.75) is 50.1 Å². The number of rotatable bonds is 6. The van der Waals surface area contributed by atoms with Gasteiger partial charge in [-0.15, -0.1) is 21.5 Å². The molecular formula is C25H27N5OS2. The lowest BCUT2D eigenvalue weighted by molar-refractivity contribution is -0.113. The summed E-state index contributed by atoms with van der Waals surface area (Å²) in [5, 5.41) is 13.5. The molecule has 0 unspecified atom stereocenters. The van der Waals surface area contributed by atoms with E-state index >= 15 is 0 Å². The molecule has 1 saturated carbocycles. The van der Waals surface area contributed by atoms with Crippen molar-refractivity contribution < 1.29 is 4.79 Å². The largest absolute Gasteiger partial charge is 0.325 e. The zero-order valence-corrected chi connectivity index (χ0v) is 20.5. The van der Waals surface area contributed by atoms with E-state index in [9.17, 15) is 4.79 Å². The molecule has 0 bridgehead atoms. The number of carbonyl (C=O) groups is 1. The molecule has 5 rings (SSSR count). The molecule has 8 heteroatoms. The van der Waals surface area contributed by atoms with Gasteiger partial charge in [0.1, 0.15) is 10.8 Å². The minimum Gasteiger partial charge on any atom is -0.325 e. The van der Waals surface area contributed by atoms with Crippen LogP contribution in [0.3, 0.4) is 0 Å². The van der Waals surface area contributed by atoms with E-state index in [0.29, 0.717) is 11.7 Å². The molecule has 2 aromatic carbocycles. The SMILES string of the molecule is Cc1ccc2nc(-c3ccc(NC(=O)CSc4nnc(C5CCCCC5)n4C)cc3)sc2c1. The normalized spacial score (nSPS) is 14.6. The molecular weight excluding hydrogens is 450 g/mol. The number of nitrogens with one attached hydrogen (secondary N) is 1. The molecule has 0 radical (unpaired) electrons. The summed E-state index contributed by atoms with van der Waals surface area (Å²) in [6.45, 7) is 2.09. The lowest BCUT2D eigenvalue weighted by Gasteiger charge is -2.20.